The number of hydrogen-bond donors (Lipinski definition) is 1. The molecule has 1 aliphatic rings. The van der Waals surface area contributed by atoms with Gasteiger partial charge in [0.1, 0.15) is 5.75 Å². The Kier molecular flexibility index (Phi) is 7.36. The monoisotopic (exact) mass is 340 g/mol. The van der Waals surface area contributed by atoms with Crippen molar-refractivity contribution in [1.29, 1.82) is 0 Å². The number of nitrogens with two attached hydrogens (primary N) is 1. The standard InChI is InChI=1S/C18H28N2O2.ClH/c1-14(2)11-22-16-6-4-15(5-7-16)10-17(21)20-9-8-18(3,12-19)13-20;/h4-7,14H,8-13,19H2,1-3H3;1H. The number of rotatable bonds is 6. The smallest absolute Gasteiger partial charge is 0.227 e. The Bertz CT molecular complexity index is 504. The normalized spacial score (nSPS) is 20.5. The van der Waals surface area contributed by atoms with Crippen LogP contribution < -0.4 is 10.5 Å². The van der Waals surface area contributed by atoms with Crippen molar-refractivity contribution in [3.8, 4) is 5.75 Å². The van der Waals surface area contributed by atoms with E-state index in [1.165, 1.54) is 0 Å². The molecular formula is C18H29ClN2O2. The fourth-order valence-corrected chi connectivity index (χ4v) is 2.66. The lowest BCUT2D eigenvalue weighted by atomic mass is 9.90. The van der Waals surface area contributed by atoms with Gasteiger partial charge in [-0.1, -0.05) is 32.9 Å². The van der Waals surface area contributed by atoms with E-state index in [-0.39, 0.29) is 23.7 Å². The Morgan fingerprint density at radius 1 is 1.35 bits per heavy atom. The first kappa shape index (κ1) is 19.8. The molecular weight excluding hydrogens is 312 g/mol. The number of carbonyl (C=O) groups is 1. The summed E-state index contributed by atoms with van der Waals surface area (Å²) in [4.78, 5) is 14.3. The molecule has 2 N–H and O–H groups in total. The van der Waals surface area contributed by atoms with Crippen molar-refractivity contribution in [3.63, 3.8) is 0 Å². The molecule has 4 nitrogen and oxygen atoms in total. The van der Waals surface area contributed by atoms with Gasteiger partial charge in [-0.05, 0) is 42.0 Å². The van der Waals surface area contributed by atoms with Crippen molar-refractivity contribution in [2.24, 2.45) is 17.1 Å². The summed E-state index contributed by atoms with van der Waals surface area (Å²) < 4.78 is 5.66. The largest absolute Gasteiger partial charge is 0.493 e. The predicted octanol–water partition coefficient (Wildman–Crippen LogP) is 2.88. The van der Waals surface area contributed by atoms with E-state index in [2.05, 4.69) is 20.8 Å². The van der Waals surface area contributed by atoms with Gasteiger partial charge in [-0.15, -0.1) is 12.4 Å². The van der Waals surface area contributed by atoms with Crippen molar-refractivity contribution in [3.05, 3.63) is 29.8 Å². The first-order valence-electron chi connectivity index (χ1n) is 8.11. The van der Waals surface area contributed by atoms with Gasteiger partial charge in [0.05, 0.1) is 13.0 Å². The highest BCUT2D eigenvalue weighted by atomic mass is 35.5. The second-order valence-electron chi connectivity index (χ2n) is 7.11. The van der Waals surface area contributed by atoms with Gasteiger partial charge in [0, 0.05) is 13.1 Å². The molecule has 1 atom stereocenters. The maximum Gasteiger partial charge on any atom is 0.227 e. The summed E-state index contributed by atoms with van der Waals surface area (Å²) in [7, 11) is 0. The van der Waals surface area contributed by atoms with Gasteiger partial charge in [0.15, 0.2) is 0 Å². The van der Waals surface area contributed by atoms with Crippen LogP contribution in [0, 0.1) is 11.3 Å². The van der Waals surface area contributed by atoms with E-state index in [0.29, 0.717) is 25.5 Å². The number of benzene rings is 1. The highest BCUT2D eigenvalue weighted by molar-refractivity contribution is 5.85. The molecule has 0 saturated carbocycles. The Balaban J connectivity index is 0.00000264. The second-order valence-corrected chi connectivity index (χ2v) is 7.11. The van der Waals surface area contributed by atoms with Crippen molar-refractivity contribution in [2.75, 3.05) is 26.2 Å². The van der Waals surface area contributed by atoms with Gasteiger partial charge in [-0.25, -0.2) is 0 Å². The van der Waals surface area contributed by atoms with Crippen LogP contribution in [-0.4, -0.2) is 37.0 Å². The lowest BCUT2D eigenvalue weighted by Crippen LogP contribution is -2.35. The van der Waals surface area contributed by atoms with Gasteiger partial charge in [0.2, 0.25) is 5.91 Å². The minimum atomic E-state index is 0. The molecule has 2 rings (SSSR count). The lowest BCUT2D eigenvalue weighted by molar-refractivity contribution is -0.129. The van der Waals surface area contributed by atoms with Gasteiger partial charge in [0.25, 0.3) is 0 Å². The number of carbonyl (C=O) groups excluding carboxylic acids is 1. The summed E-state index contributed by atoms with van der Waals surface area (Å²) >= 11 is 0. The Labute approximate surface area is 145 Å². The minimum Gasteiger partial charge on any atom is -0.493 e. The Morgan fingerprint density at radius 3 is 2.52 bits per heavy atom. The Hall–Kier alpha value is -1.26. The molecule has 0 bridgehead atoms. The van der Waals surface area contributed by atoms with Crippen LogP contribution in [0.2, 0.25) is 0 Å². The fourth-order valence-electron chi connectivity index (χ4n) is 2.66. The molecule has 1 heterocycles. The third-order valence-electron chi connectivity index (χ3n) is 4.27. The predicted molar refractivity (Wildman–Crippen MR) is 96.1 cm³/mol. The zero-order chi connectivity index (χ0) is 16.2. The summed E-state index contributed by atoms with van der Waals surface area (Å²) in [6, 6.07) is 7.84. The zero-order valence-electron chi connectivity index (χ0n) is 14.4. The first-order valence-corrected chi connectivity index (χ1v) is 8.11. The van der Waals surface area contributed by atoms with E-state index in [1.807, 2.05) is 29.2 Å². The van der Waals surface area contributed by atoms with Gasteiger partial charge >= 0.3 is 0 Å². The average Bonchev–Trinajstić information content (AvgIpc) is 2.90. The average molecular weight is 341 g/mol. The number of likely N-dealkylation sites (tertiary alicyclic amines) is 1. The minimum absolute atomic E-state index is 0. The van der Waals surface area contributed by atoms with Gasteiger partial charge in [-0.3, -0.25) is 4.79 Å². The van der Waals surface area contributed by atoms with Gasteiger partial charge in [-0.2, -0.15) is 0 Å². The highest BCUT2D eigenvalue weighted by Gasteiger charge is 2.34. The summed E-state index contributed by atoms with van der Waals surface area (Å²) in [6.45, 7) is 9.35. The number of hydrogen-bond acceptors (Lipinski definition) is 3. The summed E-state index contributed by atoms with van der Waals surface area (Å²) in [5.74, 6) is 1.56. The van der Waals surface area contributed by atoms with E-state index < -0.39 is 0 Å². The van der Waals surface area contributed by atoms with E-state index in [1.54, 1.807) is 0 Å². The van der Waals surface area contributed by atoms with E-state index in [9.17, 15) is 4.79 Å². The van der Waals surface area contributed by atoms with Crippen molar-refractivity contribution < 1.29 is 9.53 Å². The molecule has 0 aliphatic carbocycles. The van der Waals surface area contributed by atoms with Crippen LogP contribution in [0.1, 0.15) is 32.8 Å². The maximum atomic E-state index is 12.4. The molecule has 23 heavy (non-hydrogen) atoms. The van der Waals surface area contributed by atoms with Crippen LogP contribution >= 0.6 is 12.4 Å². The fraction of sp³-hybridized carbons (Fsp3) is 0.611. The molecule has 1 aliphatic heterocycles. The highest BCUT2D eigenvalue weighted by Crippen LogP contribution is 2.28. The number of amides is 1. The van der Waals surface area contributed by atoms with E-state index >= 15 is 0 Å². The van der Waals surface area contributed by atoms with Gasteiger partial charge < -0.3 is 15.4 Å². The van der Waals surface area contributed by atoms with Crippen LogP contribution in [0.5, 0.6) is 5.75 Å². The van der Waals surface area contributed by atoms with Crippen LogP contribution in [0.25, 0.3) is 0 Å². The maximum absolute atomic E-state index is 12.4. The summed E-state index contributed by atoms with van der Waals surface area (Å²) in [6.07, 6.45) is 1.45. The Morgan fingerprint density at radius 2 is 2.00 bits per heavy atom. The zero-order valence-corrected chi connectivity index (χ0v) is 15.2. The first-order chi connectivity index (χ1) is 10.4. The van der Waals surface area contributed by atoms with E-state index in [0.717, 1.165) is 30.8 Å². The molecule has 0 aromatic heterocycles. The van der Waals surface area contributed by atoms with Crippen LogP contribution in [0.3, 0.4) is 0 Å². The topological polar surface area (TPSA) is 55.6 Å². The molecule has 1 aromatic carbocycles. The quantitative estimate of drug-likeness (QED) is 0.866. The lowest BCUT2D eigenvalue weighted by Gasteiger charge is -2.22. The van der Waals surface area contributed by atoms with Crippen molar-refractivity contribution >= 4 is 18.3 Å². The van der Waals surface area contributed by atoms with E-state index in [4.69, 9.17) is 10.5 Å². The summed E-state index contributed by atoms with van der Waals surface area (Å²) in [5.41, 5.74) is 6.92. The molecule has 0 radical (unpaired) electrons. The van der Waals surface area contributed by atoms with Crippen molar-refractivity contribution in [2.45, 2.75) is 33.6 Å². The third kappa shape index (κ3) is 5.70. The molecule has 1 fully saturated rings. The second kappa shape index (κ2) is 8.55. The number of ether oxygens (including phenoxy) is 1. The number of nitrogens with zero attached hydrogens (tertiary/aromatic N) is 1. The molecule has 0 spiro atoms. The molecule has 1 saturated heterocycles. The number of halogens is 1. The summed E-state index contributed by atoms with van der Waals surface area (Å²) in [5, 5.41) is 0. The molecule has 1 unspecified atom stereocenters. The third-order valence-corrected chi connectivity index (χ3v) is 4.27. The molecule has 130 valence electrons. The molecule has 5 heteroatoms. The molecule has 1 amide bonds. The molecule has 1 aromatic rings. The SMILES string of the molecule is CC(C)COc1ccc(CC(=O)N2CCC(C)(CN)C2)cc1.Cl. The van der Waals surface area contributed by atoms with Crippen LogP contribution in [0.15, 0.2) is 24.3 Å². The van der Waals surface area contributed by atoms with Crippen LogP contribution in [-0.2, 0) is 11.2 Å². The van der Waals surface area contributed by atoms with Crippen LogP contribution in [0.4, 0.5) is 0 Å². The van der Waals surface area contributed by atoms with Crippen molar-refractivity contribution in [1.82, 2.24) is 4.90 Å².